The summed E-state index contributed by atoms with van der Waals surface area (Å²) in [5.41, 5.74) is 2.18. The predicted octanol–water partition coefficient (Wildman–Crippen LogP) is 7.63. The Kier molecular flexibility index (Phi) is 12.7. The molecule has 49 heavy (non-hydrogen) atoms. The summed E-state index contributed by atoms with van der Waals surface area (Å²) in [4.78, 5) is 36.6. The molecule has 0 radical (unpaired) electrons. The van der Waals surface area contributed by atoms with Gasteiger partial charge in [0.2, 0.25) is 5.91 Å². The minimum Gasteiger partial charge on any atom is -0.446 e. The molecule has 0 aromatic heterocycles. The summed E-state index contributed by atoms with van der Waals surface area (Å²) < 4.78 is 26.9. The van der Waals surface area contributed by atoms with E-state index >= 15 is 0 Å². The zero-order chi connectivity index (χ0) is 35.6. The molecule has 1 aliphatic heterocycles. The van der Waals surface area contributed by atoms with Crippen molar-refractivity contribution in [3.05, 3.63) is 11.6 Å². The van der Waals surface area contributed by atoms with Gasteiger partial charge in [-0.05, 0) is 104 Å². The smallest absolute Gasteiger partial charge is 0.446 e. The number of allylic oxidation sites excluding steroid dienone is 1. The first kappa shape index (κ1) is 38.8. The van der Waals surface area contributed by atoms with Crippen LogP contribution in [0.4, 0.5) is 4.79 Å². The molecule has 0 aromatic rings. The van der Waals surface area contributed by atoms with E-state index in [9.17, 15) is 24.2 Å². The van der Waals surface area contributed by atoms with E-state index in [-0.39, 0.29) is 43.4 Å². The number of aliphatic hydroxyl groups is 1. The number of aliphatic hydroxyl groups excluding tert-OH is 1. The van der Waals surface area contributed by atoms with Crippen molar-refractivity contribution in [3.8, 4) is 0 Å². The lowest BCUT2D eigenvalue weighted by molar-refractivity contribution is -0.133. The zero-order valence-corrected chi connectivity index (χ0v) is 31.9. The van der Waals surface area contributed by atoms with Crippen LogP contribution in [0.25, 0.3) is 0 Å². The van der Waals surface area contributed by atoms with Crippen molar-refractivity contribution in [2.75, 3.05) is 26.8 Å². The molecule has 1 heterocycles. The Balaban J connectivity index is 1.06. The van der Waals surface area contributed by atoms with Crippen LogP contribution < -0.4 is 5.32 Å². The Morgan fingerprint density at radius 1 is 1.08 bits per heavy atom. The summed E-state index contributed by atoms with van der Waals surface area (Å²) in [5.74, 6) is 4.60. The van der Waals surface area contributed by atoms with E-state index in [0.29, 0.717) is 18.4 Å². The van der Waals surface area contributed by atoms with Gasteiger partial charge in [-0.2, -0.15) is 0 Å². The van der Waals surface area contributed by atoms with Gasteiger partial charge in [0, 0.05) is 33.0 Å². The number of nitrogens with one attached hydrogen (secondary N) is 1. The van der Waals surface area contributed by atoms with Crippen molar-refractivity contribution >= 4 is 19.8 Å². The number of carbonyl (C=O) groups is 2. The Morgan fingerprint density at radius 2 is 1.86 bits per heavy atom. The Hall–Kier alpha value is -1.45. The summed E-state index contributed by atoms with van der Waals surface area (Å²) in [6.45, 7) is 12.6. The highest BCUT2D eigenvalue weighted by Gasteiger charge is 2.59. The van der Waals surface area contributed by atoms with Crippen molar-refractivity contribution in [1.29, 1.82) is 0 Å². The second-order valence-electron chi connectivity index (χ2n) is 17.1. The molecule has 1 saturated heterocycles. The van der Waals surface area contributed by atoms with Gasteiger partial charge in [0.15, 0.2) is 0 Å². The normalized spacial score (nSPS) is 37.4. The molecule has 3 N–H and O–H groups in total. The van der Waals surface area contributed by atoms with Crippen LogP contribution in [-0.4, -0.2) is 72.0 Å². The van der Waals surface area contributed by atoms with Gasteiger partial charge in [-0.25, -0.2) is 9.36 Å². The van der Waals surface area contributed by atoms with E-state index in [1.807, 2.05) is 0 Å². The summed E-state index contributed by atoms with van der Waals surface area (Å²) in [6.07, 6.45) is 15.6. The maximum Gasteiger partial charge on any atom is 0.471 e. The number of β-amino-alcohol motifs (C(OH)–C–C–N with tert-alkyl or cyclic N) is 1. The molecule has 0 spiro atoms. The van der Waals surface area contributed by atoms with Crippen LogP contribution in [0.5, 0.6) is 0 Å². The minimum atomic E-state index is -4.18. The van der Waals surface area contributed by atoms with E-state index in [1.54, 1.807) is 0 Å². The molecule has 10 nitrogen and oxygen atoms in total. The van der Waals surface area contributed by atoms with E-state index in [4.69, 9.17) is 9.26 Å². The van der Waals surface area contributed by atoms with Crippen molar-refractivity contribution in [1.82, 2.24) is 10.2 Å². The highest BCUT2D eigenvalue weighted by molar-refractivity contribution is 7.47. The van der Waals surface area contributed by atoms with Crippen molar-refractivity contribution in [3.63, 3.8) is 0 Å². The maximum absolute atomic E-state index is 12.9. The fourth-order valence-corrected chi connectivity index (χ4v) is 11.6. The van der Waals surface area contributed by atoms with Crippen LogP contribution in [0.1, 0.15) is 125 Å². The first-order valence-electron chi connectivity index (χ1n) is 19.3. The number of alkyl carbamates (subject to hydrolysis) is 1. The number of nitrogens with zero attached hydrogens (tertiary/aromatic N) is 1. The number of carbonyl (C=O) groups excluding carboxylic acids is 2. The van der Waals surface area contributed by atoms with Crippen LogP contribution in [0.2, 0.25) is 0 Å². The molecule has 11 atom stereocenters. The third-order valence-electron chi connectivity index (χ3n) is 13.7. The topological polar surface area (TPSA) is 135 Å². The van der Waals surface area contributed by atoms with Crippen LogP contribution in [-0.2, 0) is 23.1 Å². The lowest BCUT2D eigenvalue weighted by atomic mass is 9.47. The summed E-state index contributed by atoms with van der Waals surface area (Å²) in [6, 6.07) is -0.515. The molecule has 0 bridgehead atoms. The lowest BCUT2D eigenvalue weighted by Crippen LogP contribution is -2.51. The molecule has 11 heteroatoms. The molecule has 280 valence electrons. The number of fused-ring (bicyclic) bond motifs is 5. The van der Waals surface area contributed by atoms with Gasteiger partial charge in [0.1, 0.15) is 6.10 Å². The second-order valence-corrected chi connectivity index (χ2v) is 18.7. The summed E-state index contributed by atoms with van der Waals surface area (Å²) in [5, 5.41) is 12.9. The molecule has 4 aliphatic carbocycles. The average molecular weight is 709 g/mol. The Labute approximate surface area is 295 Å². The van der Waals surface area contributed by atoms with Gasteiger partial charge in [0.25, 0.3) is 0 Å². The minimum absolute atomic E-state index is 0.129. The van der Waals surface area contributed by atoms with Crippen LogP contribution in [0, 0.1) is 46.3 Å². The Bertz CT molecular complexity index is 1240. The molecule has 3 saturated carbocycles. The highest BCUT2D eigenvalue weighted by atomic mass is 31.2. The lowest BCUT2D eigenvalue weighted by Gasteiger charge is -2.58. The maximum atomic E-state index is 12.9. The van der Waals surface area contributed by atoms with Gasteiger partial charge >= 0.3 is 13.9 Å². The van der Waals surface area contributed by atoms with E-state index in [2.05, 4.69) is 50.5 Å². The quantitative estimate of drug-likeness (QED) is 0.0953. The van der Waals surface area contributed by atoms with Crippen molar-refractivity contribution in [2.45, 2.75) is 143 Å². The van der Waals surface area contributed by atoms with Crippen LogP contribution in [0.3, 0.4) is 0 Å². The van der Waals surface area contributed by atoms with Crippen LogP contribution >= 0.6 is 7.82 Å². The van der Waals surface area contributed by atoms with Gasteiger partial charge in [-0.1, -0.05) is 65.5 Å². The number of likely N-dealkylation sites (tertiary alicyclic amines) is 1. The number of phosphoric ester groups is 1. The third kappa shape index (κ3) is 8.79. The molecule has 2 amide bonds. The third-order valence-corrected chi connectivity index (χ3v) is 14.7. The molecule has 5 rings (SSSR count). The molecule has 0 aromatic carbocycles. The molecule has 4 fully saturated rings. The number of rotatable bonds is 14. The SMILES string of the molecule is COP(=O)(O)OC[C@@H]1C[C@@H](O)CN1C(=O)CCCNC(=O)O[C@H]1CC[C@@]2(C)C(=CC[C@H]3[C@@H]4CC[C@H]([C@H](C)CCCC(C)C)[C@@]4(C)CC[C@@H]32)C1. The van der Waals surface area contributed by atoms with E-state index in [0.717, 1.165) is 61.9 Å². The average Bonchev–Trinajstić information content (AvgIpc) is 3.61. The fourth-order valence-electron chi connectivity index (χ4n) is 11.1. The van der Waals surface area contributed by atoms with Gasteiger partial charge in [-0.15, -0.1) is 0 Å². The molecule has 5 aliphatic rings. The van der Waals surface area contributed by atoms with Gasteiger partial charge < -0.3 is 25.0 Å². The van der Waals surface area contributed by atoms with Crippen molar-refractivity contribution < 1.29 is 37.9 Å². The summed E-state index contributed by atoms with van der Waals surface area (Å²) >= 11 is 0. The number of hydrogen-bond acceptors (Lipinski definition) is 7. The number of ether oxygens (including phenoxy) is 1. The monoisotopic (exact) mass is 708 g/mol. The number of phosphoric acid groups is 1. The fraction of sp³-hybridized carbons (Fsp3) is 0.895. The van der Waals surface area contributed by atoms with Crippen LogP contribution in [0.15, 0.2) is 11.6 Å². The predicted molar refractivity (Wildman–Crippen MR) is 189 cm³/mol. The van der Waals surface area contributed by atoms with E-state index < -0.39 is 26.1 Å². The first-order chi connectivity index (χ1) is 23.2. The van der Waals surface area contributed by atoms with E-state index in [1.165, 1.54) is 61.8 Å². The number of amides is 2. The first-order valence-corrected chi connectivity index (χ1v) is 20.8. The summed E-state index contributed by atoms with van der Waals surface area (Å²) in [7, 11) is -3.10. The van der Waals surface area contributed by atoms with Gasteiger partial charge in [-0.3, -0.25) is 13.8 Å². The highest BCUT2D eigenvalue weighted by Crippen LogP contribution is 2.67. The van der Waals surface area contributed by atoms with Gasteiger partial charge in [0.05, 0.1) is 18.8 Å². The number of hydrogen-bond donors (Lipinski definition) is 3. The molecule has 1 unspecified atom stereocenters. The molecular formula is C38H65N2O8P. The van der Waals surface area contributed by atoms with Crippen molar-refractivity contribution in [2.24, 2.45) is 46.3 Å². The second kappa shape index (κ2) is 16.1. The largest absolute Gasteiger partial charge is 0.471 e. The molecular weight excluding hydrogens is 643 g/mol. The Morgan fingerprint density at radius 3 is 2.59 bits per heavy atom. The standard InChI is InChI=1S/C38H65N2O8P/c1-25(2)9-7-10-26(3)32-14-15-33-31-13-12-27-21-30(16-18-37(27,4)34(31)17-19-38(32,33)5)48-36(43)39-20-8-11-35(42)40-23-29(41)22-28(40)24-47-49(44,45)46-6/h12,25-26,28-34,41H,7-11,13-24H2,1-6H3,(H,39,43)(H,44,45)/t26-,28+,29-,30+,31+,32-,33+,34+,37+,38-/m1/s1. The zero-order valence-electron chi connectivity index (χ0n) is 31.0.